The number of amides is 1. The van der Waals surface area contributed by atoms with Gasteiger partial charge in [0.25, 0.3) is 5.91 Å². The minimum atomic E-state index is -0.758. The second-order valence-electron chi connectivity index (χ2n) is 6.53. The number of aryl methyl sites for hydroxylation is 2. The molecule has 0 bridgehead atoms. The van der Waals surface area contributed by atoms with Crippen LogP contribution in [0.2, 0.25) is 0 Å². The smallest absolute Gasteiger partial charge is 0.331 e. The van der Waals surface area contributed by atoms with Gasteiger partial charge in [0.2, 0.25) is 0 Å². The summed E-state index contributed by atoms with van der Waals surface area (Å²) >= 11 is 0. The Morgan fingerprint density at radius 2 is 1.82 bits per heavy atom. The number of carbonyl (C=O) groups is 2. The van der Waals surface area contributed by atoms with Crippen molar-refractivity contribution in [2.75, 3.05) is 11.9 Å². The van der Waals surface area contributed by atoms with Gasteiger partial charge in [0.05, 0.1) is 0 Å². The summed E-state index contributed by atoms with van der Waals surface area (Å²) in [5.41, 5.74) is 3.67. The van der Waals surface area contributed by atoms with E-state index in [9.17, 15) is 9.59 Å². The Kier molecular flexibility index (Phi) is 6.11. The average Bonchev–Trinajstić information content (AvgIpc) is 3.18. The van der Waals surface area contributed by atoms with E-state index in [4.69, 9.17) is 4.74 Å². The maximum Gasteiger partial charge on any atom is 0.331 e. The van der Waals surface area contributed by atoms with Crippen molar-refractivity contribution in [2.24, 2.45) is 0 Å². The van der Waals surface area contributed by atoms with Gasteiger partial charge in [0.1, 0.15) is 6.33 Å². The third-order valence-electron chi connectivity index (χ3n) is 4.08. The number of ether oxygens (including phenoxy) is 1. The monoisotopic (exact) mass is 379 g/mol. The number of tetrazole rings is 1. The first-order valence-electron chi connectivity index (χ1n) is 8.82. The molecule has 0 fully saturated rings. The Morgan fingerprint density at radius 3 is 2.46 bits per heavy atom. The summed E-state index contributed by atoms with van der Waals surface area (Å²) in [6.45, 7) is 3.51. The lowest BCUT2D eigenvalue weighted by Crippen LogP contribution is -2.28. The molecule has 8 heteroatoms. The molecule has 0 aliphatic carbocycles. The quantitative estimate of drug-likeness (QED) is 0.632. The van der Waals surface area contributed by atoms with Crippen LogP contribution in [-0.2, 0) is 20.7 Å². The van der Waals surface area contributed by atoms with Crippen LogP contribution >= 0.6 is 0 Å². The van der Waals surface area contributed by atoms with Gasteiger partial charge >= 0.3 is 5.97 Å². The van der Waals surface area contributed by atoms with Gasteiger partial charge in [-0.2, -0.15) is 0 Å². The molecular weight excluding hydrogens is 358 g/mol. The first-order valence-corrected chi connectivity index (χ1v) is 8.82. The largest absolute Gasteiger partial charge is 0.454 e. The van der Waals surface area contributed by atoms with Crippen LogP contribution in [0, 0.1) is 13.8 Å². The molecule has 0 saturated heterocycles. The highest BCUT2D eigenvalue weighted by Crippen LogP contribution is 2.16. The minimum absolute atomic E-state index is 0.351. The van der Waals surface area contributed by atoms with Crippen molar-refractivity contribution < 1.29 is 14.3 Å². The normalized spacial score (nSPS) is 11.6. The van der Waals surface area contributed by atoms with Crippen LogP contribution < -0.4 is 5.32 Å². The van der Waals surface area contributed by atoms with Crippen molar-refractivity contribution in [3.63, 3.8) is 0 Å². The molecule has 1 heterocycles. The number of anilines is 1. The highest BCUT2D eigenvalue weighted by atomic mass is 16.5. The number of esters is 1. The Morgan fingerprint density at radius 1 is 1.11 bits per heavy atom. The predicted molar refractivity (Wildman–Crippen MR) is 103 cm³/mol. The topological polar surface area (TPSA) is 99.0 Å². The Balaban J connectivity index is 1.62. The van der Waals surface area contributed by atoms with Gasteiger partial charge in [-0.25, -0.2) is 9.48 Å². The minimum Gasteiger partial charge on any atom is -0.454 e. The third-order valence-corrected chi connectivity index (χ3v) is 4.08. The second kappa shape index (κ2) is 8.90. The summed E-state index contributed by atoms with van der Waals surface area (Å²) in [7, 11) is 0. The number of benzene rings is 2. The lowest BCUT2D eigenvalue weighted by Gasteiger charge is -2.15. The van der Waals surface area contributed by atoms with Crippen LogP contribution in [0.1, 0.15) is 22.7 Å². The highest BCUT2D eigenvalue weighted by Gasteiger charge is 2.24. The van der Waals surface area contributed by atoms with Crippen molar-refractivity contribution in [3.05, 3.63) is 71.5 Å². The molecular formula is C20H21N5O3. The maximum atomic E-state index is 12.6. The fraction of sp³-hybridized carbons (Fsp3) is 0.250. The molecule has 144 valence electrons. The fourth-order valence-electron chi connectivity index (χ4n) is 2.91. The van der Waals surface area contributed by atoms with Crippen LogP contribution in [0.5, 0.6) is 0 Å². The van der Waals surface area contributed by atoms with Gasteiger partial charge in [-0.3, -0.25) is 4.79 Å². The Bertz CT molecular complexity index is 921. The summed E-state index contributed by atoms with van der Waals surface area (Å²) in [5.74, 6) is -0.986. The van der Waals surface area contributed by atoms with Gasteiger partial charge < -0.3 is 10.1 Å². The molecule has 1 aromatic heterocycles. The summed E-state index contributed by atoms with van der Waals surface area (Å²) in [5, 5.41) is 13.7. The van der Waals surface area contributed by atoms with Gasteiger partial charge in [0.15, 0.2) is 12.6 Å². The van der Waals surface area contributed by atoms with E-state index >= 15 is 0 Å². The molecule has 0 spiro atoms. The third kappa shape index (κ3) is 5.23. The van der Waals surface area contributed by atoms with E-state index in [-0.39, 0.29) is 6.61 Å². The summed E-state index contributed by atoms with van der Waals surface area (Å²) in [4.78, 5) is 24.8. The molecule has 1 N–H and O–H groups in total. The first-order chi connectivity index (χ1) is 13.5. The Hall–Kier alpha value is -3.55. The standard InChI is InChI=1S/C20H21N5O3/c1-14-8-15(2)10-17(9-14)22-19(26)12-28-20(27)18(25-13-21-23-24-25)11-16-6-4-3-5-7-16/h3-10,13,18H,11-12H2,1-2H3,(H,22,26)/t18-/m0/s1. The molecule has 28 heavy (non-hydrogen) atoms. The summed E-state index contributed by atoms with van der Waals surface area (Å²) in [6, 6.07) is 14.4. The fourth-order valence-corrected chi connectivity index (χ4v) is 2.91. The maximum absolute atomic E-state index is 12.6. The van der Waals surface area contributed by atoms with E-state index in [0.717, 1.165) is 16.7 Å². The zero-order valence-corrected chi connectivity index (χ0v) is 15.7. The molecule has 1 atom stereocenters. The number of aromatic nitrogens is 4. The molecule has 3 aromatic rings. The van der Waals surface area contributed by atoms with E-state index in [0.29, 0.717) is 12.1 Å². The van der Waals surface area contributed by atoms with Crippen LogP contribution in [-0.4, -0.2) is 38.7 Å². The van der Waals surface area contributed by atoms with Crippen molar-refractivity contribution in [3.8, 4) is 0 Å². The molecule has 0 radical (unpaired) electrons. The number of hydrogen-bond acceptors (Lipinski definition) is 6. The molecule has 1 amide bonds. The number of carbonyl (C=O) groups excluding carboxylic acids is 2. The molecule has 0 aliphatic rings. The van der Waals surface area contributed by atoms with Gasteiger partial charge in [0, 0.05) is 12.1 Å². The van der Waals surface area contributed by atoms with E-state index in [1.54, 1.807) is 0 Å². The van der Waals surface area contributed by atoms with Crippen molar-refractivity contribution in [1.82, 2.24) is 20.2 Å². The number of rotatable bonds is 7. The van der Waals surface area contributed by atoms with E-state index < -0.39 is 17.9 Å². The van der Waals surface area contributed by atoms with Gasteiger partial charge in [-0.15, -0.1) is 5.10 Å². The van der Waals surface area contributed by atoms with E-state index in [2.05, 4.69) is 20.8 Å². The summed E-state index contributed by atoms with van der Waals surface area (Å²) < 4.78 is 6.56. The summed E-state index contributed by atoms with van der Waals surface area (Å²) in [6.07, 6.45) is 1.70. The molecule has 0 aliphatic heterocycles. The zero-order chi connectivity index (χ0) is 19.9. The molecule has 0 saturated carbocycles. The van der Waals surface area contributed by atoms with Gasteiger partial charge in [-0.05, 0) is 53.1 Å². The number of nitrogens with one attached hydrogen (secondary N) is 1. The molecule has 0 unspecified atom stereocenters. The highest BCUT2D eigenvalue weighted by molar-refractivity contribution is 5.93. The predicted octanol–water partition coefficient (Wildman–Crippen LogP) is 2.26. The van der Waals surface area contributed by atoms with Crippen molar-refractivity contribution in [2.45, 2.75) is 26.3 Å². The van der Waals surface area contributed by atoms with E-state index in [1.807, 2.05) is 62.4 Å². The van der Waals surface area contributed by atoms with Crippen LogP contribution in [0.3, 0.4) is 0 Å². The molecule has 2 aromatic carbocycles. The van der Waals surface area contributed by atoms with Crippen LogP contribution in [0.4, 0.5) is 5.69 Å². The van der Waals surface area contributed by atoms with Crippen LogP contribution in [0.15, 0.2) is 54.9 Å². The second-order valence-corrected chi connectivity index (χ2v) is 6.53. The Labute approximate surface area is 162 Å². The number of hydrogen-bond donors (Lipinski definition) is 1. The van der Waals surface area contributed by atoms with Gasteiger partial charge in [-0.1, -0.05) is 36.4 Å². The first kappa shape index (κ1) is 19.2. The van der Waals surface area contributed by atoms with Crippen molar-refractivity contribution in [1.29, 1.82) is 0 Å². The molecule has 3 rings (SSSR count). The average molecular weight is 379 g/mol. The van der Waals surface area contributed by atoms with Crippen LogP contribution in [0.25, 0.3) is 0 Å². The zero-order valence-electron chi connectivity index (χ0n) is 15.7. The lowest BCUT2D eigenvalue weighted by molar-refractivity contribution is -0.151. The van der Waals surface area contributed by atoms with Crippen molar-refractivity contribution >= 4 is 17.6 Å². The van der Waals surface area contributed by atoms with E-state index in [1.165, 1.54) is 11.0 Å². The molecule has 8 nitrogen and oxygen atoms in total. The SMILES string of the molecule is Cc1cc(C)cc(NC(=O)COC(=O)[C@H](Cc2ccccc2)n2cnnn2)c1. The lowest BCUT2D eigenvalue weighted by atomic mass is 10.1. The number of nitrogens with zero attached hydrogens (tertiary/aromatic N) is 4.